The van der Waals surface area contributed by atoms with Gasteiger partial charge in [0.25, 0.3) is 0 Å². The van der Waals surface area contributed by atoms with Gasteiger partial charge in [-0.05, 0) is 13.3 Å². The van der Waals surface area contributed by atoms with E-state index in [1.807, 2.05) is 4.68 Å². The Morgan fingerprint density at radius 1 is 1.50 bits per heavy atom. The Balaban J connectivity index is 2.03. The third-order valence-corrected chi connectivity index (χ3v) is 3.15. The third-order valence-electron chi connectivity index (χ3n) is 3.15. The summed E-state index contributed by atoms with van der Waals surface area (Å²) in [5.41, 5.74) is 5.54. The van der Waals surface area contributed by atoms with Gasteiger partial charge in [0.1, 0.15) is 5.82 Å². The van der Waals surface area contributed by atoms with Gasteiger partial charge in [-0.1, -0.05) is 13.8 Å². The molecule has 0 aromatic carbocycles. The van der Waals surface area contributed by atoms with E-state index in [0.29, 0.717) is 12.5 Å². The highest BCUT2D eigenvalue weighted by Gasteiger charge is 2.24. The second kappa shape index (κ2) is 5.06. The second-order valence-corrected chi connectivity index (χ2v) is 5.26. The average molecular weight is 251 g/mol. The zero-order chi connectivity index (χ0) is 13.3. The maximum absolute atomic E-state index is 11.6. The predicted octanol–water partition coefficient (Wildman–Crippen LogP) is 0.180. The highest BCUT2D eigenvalue weighted by Crippen LogP contribution is 2.16. The van der Waals surface area contributed by atoms with E-state index in [2.05, 4.69) is 29.2 Å². The van der Waals surface area contributed by atoms with Gasteiger partial charge in [-0.3, -0.25) is 4.79 Å². The van der Waals surface area contributed by atoms with Crippen molar-refractivity contribution in [3.05, 3.63) is 11.6 Å². The highest BCUT2D eigenvalue weighted by atomic mass is 16.2. The summed E-state index contributed by atoms with van der Waals surface area (Å²) in [6.07, 6.45) is 1.75. The van der Waals surface area contributed by atoms with E-state index in [4.69, 9.17) is 5.73 Å². The molecule has 0 aliphatic carbocycles. The number of aryl methyl sites for hydroxylation is 1. The van der Waals surface area contributed by atoms with E-state index in [0.717, 1.165) is 24.5 Å². The number of rotatable bonds is 3. The Bertz CT molecular complexity index is 438. The van der Waals surface area contributed by atoms with Crippen molar-refractivity contribution < 1.29 is 4.79 Å². The quantitative estimate of drug-likeness (QED) is 0.802. The van der Waals surface area contributed by atoms with Crippen LogP contribution >= 0.6 is 0 Å². The molecule has 0 fully saturated rings. The summed E-state index contributed by atoms with van der Waals surface area (Å²) in [5.74, 6) is 2.13. The average Bonchev–Trinajstić information content (AvgIpc) is 2.71. The fourth-order valence-electron chi connectivity index (χ4n) is 2.02. The minimum atomic E-state index is -0.464. The molecular formula is C12H21N5O. The van der Waals surface area contributed by atoms with E-state index in [-0.39, 0.29) is 11.9 Å². The van der Waals surface area contributed by atoms with Crippen LogP contribution in [0.25, 0.3) is 0 Å². The van der Waals surface area contributed by atoms with Crippen molar-refractivity contribution in [1.29, 1.82) is 0 Å². The number of nitrogens with two attached hydrogens (primary N) is 1. The lowest BCUT2D eigenvalue weighted by Gasteiger charge is -2.24. The van der Waals surface area contributed by atoms with Crippen LogP contribution in [0.4, 0.5) is 0 Å². The Morgan fingerprint density at radius 3 is 2.83 bits per heavy atom. The summed E-state index contributed by atoms with van der Waals surface area (Å²) in [6.45, 7) is 6.54. The van der Waals surface area contributed by atoms with E-state index >= 15 is 0 Å². The monoisotopic (exact) mass is 251 g/mol. The van der Waals surface area contributed by atoms with Gasteiger partial charge < -0.3 is 11.1 Å². The standard InChI is InChI=1S/C12H21N5O/c1-7(2)11-15-10-5-4-9(6-17(10)16-11)14-12(18)8(3)13/h7-9H,4-6,13H2,1-3H3,(H,14,18). The fourth-order valence-corrected chi connectivity index (χ4v) is 2.02. The van der Waals surface area contributed by atoms with Crippen molar-refractivity contribution in [3.8, 4) is 0 Å². The molecule has 2 unspecified atom stereocenters. The lowest BCUT2D eigenvalue weighted by molar-refractivity contribution is -0.122. The van der Waals surface area contributed by atoms with Crippen LogP contribution in [-0.2, 0) is 17.8 Å². The molecule has 0 saturated heterocycles. The number of carbonyl (C=O) groups excluding carboxylic acids is 1. The lowest BCUT2D eigenvalue weighted by atomic mass is 10.1. The molecule has 1 aromatic heterocycles. The molecule has 1 aromatic rings. The Morgan fingerprint density at radius 2 is 2.22 bits per heavy atom. The normalized spacial score (nSPS) is 20.6. The van der Waals surface area contributed by atoms with Crippen molar-refractivity contribution in [2.75, 3.05) is 0 Å². The summed E-state index contributed by atoms with van der Waals surface area (Å²) in [7, 11) is 0. The molecule has 1 aliphatic heterocycles. The number of carbonyl (C=O) groups is 1. The summed E-state index contributed by atoms with van der Waals surface area (Å²) >= 11 is 0. The van der Waals surface area contributed by atoms with Crippen molar-refractivity contribution in [1.82, 2.24) is 20.1 Å². The molecule has 0 radical (unpaired) electrons. The Labute approximate surface area is 107 Å². The van der Waals surface area contributed by atoms with Gasteiger partial charge in [0.05, 0.1) is 12.6 Å². The zero-order valence-corrected chi connectivity index (χ0v) is 11.2. The maximum Gasteiger partial charge on any atom is 0.236 e. The number of nitrogens with one attached hydrogen (secondary N) is 1. The number of hydrogen-bond donors (Lipinski definition) is 2. The minimum Gasteiger partial charge on any atom is -0.350 e. The fraction of sp³-hybridized carbons (Fsp3) is 0.750. The first-order chi connectivity index (χ1) is 8.47. The van der Waals surface area contributed by atoms with Gasteiger partial charge in [0, 0.05) is 18.4 Å². The maximum atomic E-state index is 11.6. The molecule has 1 amide bonds. The summed E-state index contributed by atoms with van der Waals surface area (Å²) in [4.78, 5) is 16.1. The SMILES string of the molecule is CC(N)C(=O)NC1CCc2nc(C(C)C)nn2C1. The number of aromatic nitrogens is 3. The zero-order valence-electron chi connectivity index (χ0n) is 11.2. The summed E-state index contributed by atoms with van der Waals surface area (Å²) in [6, 6.07) is -0.355. The van der Waals surface area contributed by atoms with E-state index in [1.165, 1.54) is 0 Å². The van der Waals surface area contributed by atoms with Crippen LogP contribution in [0.1, 0.15) is 44.8 Å². The largest absolute Gasteiger partial charge is 0.350 e. The first-order valence-corrected chi connectivity index (χ1v) is 6.47. The predicted molar refractivity (Wildman–Crippen MR) is 68.0 cm³/mol. The van der Waals surface area contributed by atoms with Crippen LogP contribution in [0.2, 0.25) is 0 Å². The van der Waals surface area contributed by atoms with Crippen molar-refractivity contribution >= 4 is 5.91 Å². The number of amides is 1. The van der Waals surface area contributed by atoms with Gasteiger partial charge in [-0.25, -0.2) is 9.67 Å². The molecule has 6 nitrogen and oxygen atoms in total. The molecule has 0 bridgehead atoms. The third kappa shape index (κ3) is 2.69. The first-order valence-electron chi connectivity index (χ1n) is 6.47. The highest BCUT2D eigenvalue weighted by molar-refractivity contribution is 5.81. The summed E-state index contributed by atoms with van der Waals surface area (Å²) in [5, 5.41) is 7.42. The van der Waals surface area contributed by atoms with Crippen LogP contribution in [0, 0.1) is 0 Å². The Kier molecular flexibility index (Phi) is 3.65. The van der Waals surface area contributed by atoms with Crippen molar-refractivity contribution in [3.63, 3.8) is 0 Å². The number of nitrogens with zero attached hydrogens (tertiary/aromatic N) is 3. The molecule has 1 aliphatic rings. The van der Waals surface area contributed by atoms with Crippen molar-refractivity contribution in [2.45, 2.75) is 58.2 Å². The molecule has 18 heavy (non-hydrogen) atoms. The first kappa shape index (κ1) is 13.0. The van der Waals surface area contributed by atoms with E-state index in [9.17, 15) is 4.79 Å². The minimum absolute atomic E-state index is 0.104. The van der Waals surface area contributed by atoms with Gasteiger partial charge in [-0.2, -0.15) is 5.10 Å². The van der Waals surface area contributed by atoms with Crippen LogP contribution in [0.5, 0.6) is 0 Å². The Hall–Kier alpha value is -1.43. The van der Waals surface area contributed by atoms with Gasteiger partial charge in [-0.15, -0.1) is 0 Å². The molecule has 0 spiro atoms. The van der Waals surface area contributed by atoms with Crippen LogP contribution < -0.4 is 11.1 Å². The van der Waals surface area contributed by atoms with E-state index in [1.54, 1.807) is 6.92 Å². The lowest BCUT2D eigenvalue weighted by Crippen LogP contribution is -2.47. The van der Waals surface area contributed by atoms with Crippen molar-refractivity contribution in [2.24, 2.45) is 5.73 Å². The van der Waals surface area contributed by atoms with Crippen LogP contribution in [-0.4, -0.2) is 32.8 Å². The molecule has 2 heterocycles. The molecule has 0 saturated carbocycles. The van der Waals surface area contributed by atoms with Crippen LogP contribution in [0.15, 0.2) is 0 Å². The van der Waals surface area contributed by atoms with Gasteiger partial charge >= 0.3 is 0 Å². The van der Waals surface area contributed by atoms with Gasteiger partial charge in [0.15, 0.2) is 5.82 Å². The second-order valence-electron chi connectivity index (χ2n) is 5.26. The van der Waals surface area contributed by atoms with Gasteiger partial charge in [0.2, 0.25) is 5.91 Å². The molecule has 6 heteroatoms. The van der Waals surface area contributed by atoms with Crippen LogP contribution in [0.3, 0.4) is 0 Å². The molecule has 2 atom stereocenters. The topological polar surface area (TPSA) is 85.8 Å². The molecule has 2 rings (SSSR count). The van der Waals surface area contributed by atoms with E-state index < -0.39 is 6.04 Å². The number of fused-ring (bicyclic) bond motifs is 1. The molecule has 100 valence electrons. The smallest absolute Gasteiger partial charge is 0.236 e. The molecular weight excluding hydrogens is 230 g/mol. The number of hydrogen-bond acceptors (Lipinski definition) is 4. The molecule has 3 N–H and O–H groups in total. The summed E-state index contributed by atoms with van der Waals surface area (Å²) < 4.78 is 1.91.